The molecule has 1 aliphatic rings. The van der Waals surface area contributed by atoms with E-state index in [9.17, 15) is 8.42 Å². The van der Waals surface area contributed by atoms with Crippen molar-refractivity contribution >= 4 is 33.1 Å². The van der Waals surface area contributed by atoms with Crippen LogP contribution in [0.1, 0.15) is 31.6 Å². The molecule has 0 aromatic carbocycles. The van der Waals surface area contributed by atoms with Gasteiger partial charge < -0.3 is 5.32 Å². The lowest BCUT2D eigenvalue weighted by atomic mass is 10.1. The van der Waals surface area contributed by atoms with E-state index in [1.54, 1.807) is 6.07 Å². The Balaban J connectivity index is 1.92. The van der Waals surface area contributed by atoms with Gasteiger partial charge in [0.1, 0.15) is 4.21 Å². The lowest BCUT2D eigenvalue weighted by molar-refractivity contribution is 0.554. The van der Waals surface area contributed by atoms with Gasteiger partial charge >= 0.3 is 0 Å². The fraction of sp³-hybridized carbons (Fsp3) is 0.714. The molecule has 1 aromatic heterocycles. The second-order valence-electron chi connectivity index (χ2n) is 5.55. The molecule has 0 amide bonds. The molecule has 4 nitrogen and oxygen atoms in total. The summed E-state index contributed by atoms with van der Waals surface area (Å²) in [5.74, 6) is 1.13. The van der Waals surface area contributed by atoms with E-state index in [1.807, 2.05) is 17.8 Å². The number of thioether (sulfide) groups is 1. The maximum absolute atomic E-state index is 12.3. The number of rotatable bonds is 8. The van der Waals surface area contributed by atoms with Crippen LogP contribution in [0.5, 0.6) is 0 Å². The van der Waals surface area contributed by atoms with Gasteiger partial charge in [0.15, 0.2) is 0 Å². The quantitative estimate of drug-likeness (QED) is 0.709. The van der Waals surface area contributed by atoms with E-state index in [0.717, 1.165) is 36.6 Å². The molecule has 1 fully saturated rings. The first kappa shape index (κ1) is 17.3. The van der Waals surface area contributed by atoms with Crippen molar-refractivity contribution in [2.45, 2.75) is 42.1 Å². The lowest BCUT2D eigenvalue weighted by Gasteiger charge is -2.22. The fourth-order valence-corrected chi connectivity index (χ4v) is 6.23. The van der Waals surface area contributed by atoms with Gasteiger partial charge in [-0.25, -0.2) is 13.1 Å². The Kier molecular flexibility index (Phi) is 6.14. The Hall–Kier alpha value is -0.0800. The molecule has 2 rings (SSSR count). The molecule has 7 heteroatoms. The van der Waals surface area contributed by atoms with Crippen molar-refractivity contribution < 1.29 is 8.42 Å². The number of sulfonamides is 1. The molecule has 2 heterocycles. The highest BCUT2D eigenvalue weighted by Gasteiger charge is 2.31. The summed E-state index contributed by atoms with van der Waals surface area (Å²) in [6.45, 7) is 6.55. The van der Waals surface area contributed by atoms with Crippen LogP contribution >= 0.6 is 23.1 Å². The molecule has 0 bridgehead atoms. The van der Waals surface area contributed by atoms with E-state index < -0.39 is 10.0 Å². The Morgan fingerprint density at radius 2 is 2.19 bits per heavy atom. The normalized spacial score (nSPS) is 22.8. The molecule has 0 saturated carbocycles. The summed E-state index contributed by atoms with van der Waals surface area (Å²) in [5.41, 5.74) is 0. The summed E-state index contributed by atoms with van der Waals surface area (Å²) < 4.78 is 28.0. The van der Waals surface area contributed by atoms with Gasteiger partial charge in [-0.1, -0.05) is 6.92 Å². The van der Waals surface area contributed by atoms with Crippen LogP contribution in [0.2, 0.25) is 0 Å². The third kappa shape index (κ3) is 4.96. The first-order valence-corrected chi connectivity index (χ1v) is 10.7. The third-order valence-corrected chi connectivity index (χ3v) is 8.21. The van der Waals surface area contributed by atoms with Crippen LogP contribution in [-0.2, 0) is 16.4 Å². The fourth-order valence-electron chi connectivity index (χ4n) is 2.32. The van der Waals surface area contributed by atoms with Crippen LogP contribution < -0.4 is 10.0 Å². The van der Waals surface area contributed by atoms with Crippen molar-refractivity contribution in [2.24, 2.45) is 0 Å². The predicted molar refractivity (Wildman–Crippen MR) is 91.9 cm³/mol. The largest absolute Gasteiger partial charge is 0.317 e. The lowest BCUT2D eigenvalue weighted by Crippen LogP contribution is -2.36. The minimum atomic E-state index is -3.36. The molecule has 2 N–H and O–H groups in total. The molecule has 1 aliphatic heterocycles. The minimum absolute atomic E-state index is 0.0538. The Labute approximate surface area is 136 Å². The zero-order valence-electron chi connectivity index (χ0n) is 12.6. The van der Waals surface area contributed by atoms with Crippen molar-refractivity contribution in [3.63, 3.8) is 0 Å². The molecule has 0 aliphatic carbocycles. The molecular formula is C14H24N2O2S3. The average Bonchev–Trinajstić information content (AvgIpc) is 3.07. The van der Waals surface area contributed by atoms with E-state index in [2.05, 4.69) is 23.9 Å². The summed E-state index contributed by atoms with van der Waals surface area (Å²) in [4.78, 5) is 1.11. The van der Waals surface area contributed by atoms with Gasteiger partial charge in [-0.3, -0.25) is 0 Å². The number of likely N-dealkylation sites (N-methyl/N-ethyl adjacent to an activating group) is 1. The maximum Gasteiger partial charge on any atom is 0.250 e. The molecule has 0 spiro atoms. The van der Waals surface area contributed by atoms with Gasteiger partial charge in [0.25, 0.3) is 0 Å². The number of hydrogen-bond acceptors (Lipinski definition) is 5. The minimum Gasteiger partial charge on any atom is -0.317 e. The highest BCUT2D eigenvalue weighted by molar-refractivity contribution is 8.01. The van der Waals surface area contributed by atoms with Crippen LogP contribution in [0.25, 0.3) is 0 Å². The van der Waals surface area contributed by atoms with E-state index in [0.29, 0.717) is 10.8 Å². The van der Waals surface area contributed by atoms with Crippen molar-refractivity contribution in [3.8, 4) is 0 Å². The smallest absolute Gasteiger partial charge is 0.250 e. The molecule has 1 saturated heterocycles. The summed E-state index contributed by atoms with van der Waals surface area (Å²) in [6.07, 6.45) is 3.14. The first-order chi connectivity index (χ1) is 9.95. The average molecular weight is 349 g/mol. The number of nitrogens with one attached hydrogen (secondary N) is 2. The van der Waals surface area contributed by atoms with Crippen LogP contribution in [0.3, 0.4) is 0 Å². The SMILES string of the molecule is CCNCCc1ccc(S(=O)(=O)NCC2(C)CCCS2)s1. The second-order valence-corrected chi connectivity index (χ2v) is 10.4. The number of thiophene rings is 1. The monoisotopic (exact) mass is 348 g/mol. The Morgan fingerprint density at radius 1 is 1.38 bits per heavy atom. The highest BCUT2D eigenvalue weighted by atomic mass is 32.2. The molecule has 21 heavy (non-hydrogen) atoms. The second kappa shape index (κ2) is 7.46. The van der Waals surface area contributed by atoms with Crippen molar-refractivity contribution in [2.75, 3.05) is 25.4 Å². The molecule has 0 radical (unpaired) electrons. The summed E-state index contributed by atoms with van der Waals surface area (Å²) in [6, 6.07) is 3.64. The zero-order chi connectivity index (χ0) is 15.3. The topological polar surface area (TPSA) is 58.2 Å². The van der Waals surface area contributed by atoms with Crippen molar-refractivity contribution in [3.05, 3.63) is 17.0 Å². The third-order valence-electron chi connectivity index (χ3n) is 3.64. The standard InChI is InChI=1S/C14H24N2O2S3/c1-3-15-9-7-12-5-6-13(20-12)21(17,18)16-11-14(2)8-4-10-19-14/h5-6,15-16H,3-4,7-11H2,1-2H3. The van der Waals surface area contributed by atoms with Crippen molar-refractivity contribution in [1.82, 2.24) is 10.0 Å². The maximum atomic E-state index is 12.3. The molecule has 120 valence electrons. The van der Waals surface area contributed by atoms with Gasteiger partial charge in [-0.05, 0) is 57.2 Å². The molecule has 1 atom stereocenters. The van der Waals surface area contributed by atoms with Gasteiger partial charge in [0, 0.05) is 16.2 Å². The number of hydrogen-bond donors (Lipinski definition) is 2. The van der Waals surface area contributed by atoms with Gasteiger partial charge in [0.2, 0.25) is 10.0 Å². The summed E-state index contributed by atoms with van der Waals surface area (Å²) in [5, 5.41) is 3.25. The van der Waals surface area contributed by atoms with Gasteiger partial charge in [-0.2, -0.15) is 11.8 Å². The Bertz CT molecular complexity index is 548. The molecular weight excluding hydrogens is 324 g/mol. The van der Waals surface area contributed by atoms with E-state index >= 15 is 0 Å². The van der Waals surface area contributed by atoms with Gasteiger partial charge in [-0.15, -0.1) is 11.3 Å². The van der Waals surface area contributed by atoms with E-state index in [4.69, 9.17) is 0 Å². The van der Waals surface area contributed by atoms with Crippen LogP contribution in [-0.4, -0.2) is 38.6 Å². The zero-order valence-corrected chi connectivity index (χ0v) is 15.1. The van der Waals surface area contributed by atoms with E-state index in [1.165, 1.54) is 17.8 Å². The molecule has 1 aromatic rings. The van der Waals surface area contributed by atoms with Crippen LogP contribution in [0, 0.1) is 0 Å². The summed E-state index contributed by atoms with van der Waals surface area (Å²) >= 11 is 3.24. The summed E-state index contributed by atoms with van der Waals surface area (Å²) in [7, 11) is -3.36. The Morgan fingerprint density at radius 3 is 2.86 bits per heavy atom. The predicted octanol–water partition coefficient (Wildman–Crippen LogP) is 2.46. The van der Waals surface area contributed by atoms with Crippen molar-refractivity contribution in [1.29, 1.82) is 0 Å². The van der Waals surface area contributed by atoms with Crippen LogP contribution in [0.15, 0.2) is 16.3 Å². The van der Waals surface area contributed by atoms with E-state index in [-0.39, 0.29) is 4.75 Å². The highest BCUT2D eigenvalue weighted by Crippen LogP contribution is 2.37. The first-order valence-electron chi connectivity index (χ1n) is 7.38. The molecule has 1 unspecified atom stereocenters. The van der Waals surface area contributed by atoms with Crippen LogP contribution in [0.4, 0.5) is 0 Å². The van der Waals surface area contributed by atoms with Gasteiger partial charge in [0.05, 0.1) is 0 Å².